The molecule has 0 atom stereocenters. The van der Waals surface area contributed by atoms with Crippen molar-refractivity contribution in [1.82, 2.24) is 4.98 Å². The molecule has 1 aromatic heterocycles. The molecule has 3 rings (SSSR count). The average molecular weight is 393 g/mol. The molecule has 1 aliphatic heterocycles. The SMILES string of the molecule is COc1cc(-c2cnc(N)c(Br)c2)ccc1OCC1CCOCC1. The number of nitrogens with two attached hydrogens (primary N) is 1. The number of nitrogen functional groups attached to an aromatic ring is 1. The fourth-order valence-electron chi connectivity index (χ4n) is 2.69. The summed E-state index contributed by atoms with van der Waals surface area (Å²) in [5, 5.41) is 0. The number of anilines is 1. The van der Waals surface area contributed by atoms with Crippen molar-refractivity contribution in [3.05, 3.63) is 34.9 Å². The van der Waals surface area contributed by atoms with Gasteiger partial charge in [0.15, 0.2) is 11.5 Å². The van der Waals surface area contributed by atoms with Crippen molar-refractivity contribution in [2.24, 2.45) is 5.92 Å². The highest BCUT2D eigenvalue weighted by Gasteiger charge is 2.16. The van der Waals surface area contributed by atoms with Crippen molar-refractivity contribution in [2.75, 3.05) is 32.7 Å². The van der Waals surface area contributed by atoms with E-state index >= 15 is 0 Å². The molecule has 5 nitrogen and oxygen atoms in total. The highest BCUT2D eigenvalue weighted by Crippen LogP contribution is 2.34. The summed E-state index contributed by atoms with van der Waals surface area (Å²) in [7, 11) is 1.65. The van der Waals surface area contributed by atoms with Gasteiger partial charge in [-0.2, -0.15) is 0 Å². The van der Waals surface area contributed by atoms with E-state index in [1.54, 1.807) is 13.3 Å². The van der Waals surface area contributed by atoms with Crippen molar-refractivity contribution in [2.45, 2.75) is 12.8 Å². The Morgan fingerprint density at radius 2 is 2.00 bits per heavy atom. The topological polar surface area (TPSA) is 66.6 Å². The van der Waals surface area contributed by atoms with Crippen LogP contribution in [0.15, 0.2) is 34.9 Å². The van der Waals surface area contributed by atoms with E-state index in [2.05, 4.69) is 20.9 Å². The maximum atomic E-state index is 5.98. The monoisotopic (exact) mass is 392 g/mol. The first kappa shape index (κ1) is 17.0. The summed E-state index contributed by atoms with van der Waals surface area (Å²) in [5.41, 5.74) is 7.71. The van der Waals surface area contributed by atoms with Crippen LogP contribution in [0.25, 0.3) is 11.1 Å². The molecule has 1 aromatic carbocycles. The molecule has 24 heavy (non-hydrogen) atoms. The fraction of sp³-hybridized carbons (Fsp3) is 0.389. The molecule has 2 heterocycles. The minimum atomic E-state index is 0.474. The highest BCUT2D eigenvalue weighted by molar-refractivity contribution is 9.10. The molecule has 128 valence electrons. The second-order valence-electron chi connectivity index (χ2n) is 5.82. The summed E-state index contributed by atoms with van der Waals surface area (Å²) >= 11 is 3.41. The maximum Gasteiger partial charge on any atom is 0.161 e. The Balaban J connectivity index is 1.75. The Hall–Kier alpha value is -1.79. The van der Waals surface area contributed by atoms with Crippen molar-refractivity contribution in [1.29, 1.82) is 0 Å². The van der Waals surface area contributed by atoms with Crippen LogP contribution in [0.3, 0.4) is 0 Å². The average Bonchev–Trinajstić information content (AvgIpc) is 2.63. The molecule has 6 heteroatoms. The normalized spacial score (nSPS) is 15.2. The van der Waals surface area contributed by atoms with Gasteiger partial charge in [-0.05, 0) is 58.5 Å². The third kappa shape index (κ3) is 3.99. The molecule has 1 aliphatic rings. The van der Waals surface area contributed by atoms with E-state index in [4.69, 9.17) is 19.9 Å². The van der Waals surface area contributed by atoms with Gasteiger partial charge in [-0.3, -0.25) is 0 Å². The molecule has 2 aromatic rings. The number of methoxy groups -OCH3 is 1. The van der Waals surface area contributed by atoms with E-state index in [1.807, 2.05) is 24.3 Å². The van der Waals surface area contributed by atoms with Gasteiger partial charge >= 0.3 is 0 Å². The standard InChI is InChI=1S/C18H21BrN2O3/c1-22-17-9-13(14-8-15(19)18(20)21-10-14)2-3-16(17)24-11-12-4-6-23-7-5-12/h2-3,8-10,12H,4-7,11H2,1H3,(H2,20,21). The summed E-state index contributed by atoms with van der Waals surface area (Å²) in [4.78, 5) is 4.18. The summed E-state index contributed by atoms with van der Waals surface area (Å²) in [6.07, 6.45) is 3.84. The quantitative estimate of drug-likeness (QED) is 0.835. The van der Waals surface area contributed by atoms with Gasteiger partial charge in [0.2, 0.25) is 0 Å². The molecule has 0 amide bonds. The first-order chi connectivity index (χ1) is 11.7. The van der Waals surface area contributed by atoms with Crippen molar-refractivity contribution in [3.63, 3.8) is 0 Å². The summed E-state index contributed by atoms with van der Waals surface area (Å²) < 4.78 is 17.6. The molecule has 0 saturated carbocycles. The van der Waals surface area contributed by atoms with E-state index in [1.165, 1.54) is 0 Å². The Labute approximate surface area is 150 Å². The fourth-order valence-corrected chi connectivity index (χ4v) is 3.04. The zero-order valence-corrected chi connectivity index (χ0v) is 15.2. The lowest BCUT2D eigenvalue weighted by atomic mass is 10.0. The van der Waals surface area contributed by atoms with E-state index < -0.39 is 0 Å². The number of aromatic nitrogens is 1. The Morgan fingerprint density at radius 3 is 2.71 bits per heavy atom. The first-order valence-corrected chi connectivity index (χ1v) is 8.76. The molecular weight excluding hydrogens is 372 g/mol. The number of ether oxygens (including phenoxy) is 3. The van der Waals surface area contributed by atoms with E-state index in [9.17, 15) is 0 Å². The molecule has 0 radical (unpaired) electrons. The van der Waals surface area contributed by atoms with Crippen molar-refractivity contribution in [3.8, 4) is 22.6 Å². The number of pyridine rings is 1. The smallest absolute Gasteiger partial charge is 0.161 e. The zero-order chi connectivity index (χ0) is 16.9. The number of hydrogen-bond donors (Lipinski definition) is 1. The zero-order valence-electron chi connectivity index (χ0n) is 13.6. The number of halogens is 1. The third-order valence-corrected chi connectivity index (χ3v) is 4.82. The number of rotatable bonds is 5. The van der Waals surface area contributed by atoms with Crippen LogP contribution in [-0.4, -0.2) is 31.9 Å². The lowest BCUT2D eigenvalue weighted by Crippen LogP contribution is -2.21. The van der Waals surface area contributed by atoms with Gasteiger partial charge in [0.1, 0.15) is 5.82 Å². The minimum Gasteiger partial charge on any atom is -0.493 e. The van der Waals surface area contributed by atoms with Gasteiger partial charge < -0.3 is 19.9 Å². The Kier molecular flexibility index (Phi) is 5.58. The van der Waals surface area contributed by atoms with Gasteiger partial charge in [-0.1, -0.05) is 6.07 Å². The second-order valence-corrected chi connectivity index (χ2v) is 6.68. The van der Waals surface area contributed by atoms with Crippen LogP contribution in [-0.2, 0) is 4.74 Å². The van der Waals surface area contributed by atoms with Crippen LogP contribution in [0.1, 0.15) is 12.8 Å². The second kappa shape index (κ2) is 7.85. The minimum absolute atomic E-state index is 0.474. The van der Waals surface area contributed by atoms with E-state index in [0.29, 0.717) is 24.1 Å². The number of benzene rings is 1. The summed E-state index contributed by atoms with van der Waals surface area (Å²) in [5.74, 6) is 2.49. The van der Waals surface area contributed by atoms with Crippen LogP contribution in [0.2, 0.25) is 0 Å². The molecule has 0 aliphatic carbocycles. The van der Waals surface area contributed by atoms with Crippen LogP contribution in [0.4, 0.5) is 5.82 Å². The third-order valence-electron chi connectivity index (χ3n) is 4.18. The predicted octanol–water partition coefficient (Wildman–Crippen LogP) is 3.91. The number of hydrogen-bond acceptors (Lipinski definition) is 5. The van der Waals surface area contributed by atoms with E-state index in [-0.39, 0.29) is 0 Å². The van der Waals surface area contributed by atoms with Gasteiger partial charge in [0, 0.05) is 25.0 Å². The van der Waals surface area contributed by atoms with Gasteiger partial charge in [-0.15, -0.1) is 0 Å². The van der Waals surface area contributed by atoms with Gasteiger partial charge in [0.05, 0.1) is 18.2 Å². The largest absolute Gasteiger partial charge is 0.493 e. The molecule has 2 N–H and O–H groups in total. The van der Waals surface area contributed by atoms with Crippen LogP contribution in [0.5, 0.6) is 11.5 Å². The van der Waals surface area contributed by atoms with Gasteiger partial charge in [-0.25, -0.2) is 4.98 Å². The van der Waals surface area contributed by atoms with E-state index in [0.717, 1.165) is 47.4 Å². The lowest BCUT2D eigenvalue weighted by Gasteiger charge is -2.22. The summed E-state index contributed by atoms with van der Waals surface area (Å²) in [6, 6.07) is 7.85. The van der Waals surface area contributed by atoms with Crippen LogP contribution in [0, 0.1) is 5.92 Å². The molecule has 1 fully saturated rings. The predicted molar refractivity (Wildman–Crippen MR) is 97.4 cm³/mol. The Morgan fingerprint density at radius 1 is 1.21 bits per heavy atom. The van der Waals surface area contributed by atoms with Crippen molar-refractivity contribution < 1.29 is 14.2 Å². The maximum absolute atomic E-state index is 5.98. The molecular formula is C18H21BrN2O3. The first-order valence-electron chi connectivity index (χ1n) is 7.97. The molecule has 0 spiro atoms. The molecule has 0 bridgehead atoms. The molecule has 0 unspecified atom stereocenters. The van der Waals surface area contributed by atoms with Crippen LogP contribution >= 0.6 is 15.9 Å². The van der Waals surface area contributed by atoms with Crippen molar-refractivity contribution >= 4 is 21.7 Å². The number of nitrogens with zero attached hydrogens (tertiary/aromatic N) is 1. The van der Waals surface area contributed by atoms with Crippen LogP contribution < -0.4 is 15.2 Å². The Bertz CT molecular complexity index is 703. The molecule has 1 saturated heterocycles. The van der Waals surface area contributed by atoms with Gasteiger partial charge in [0.25, 0.3) is 0 Å². The highest BCUT2D eigenvalue weighted by atomic mass is 79.9. The summed E-state index contributed by atoms with van der Waals surface area (Å²) in [6.45, 7) is 2.33. The lowest BCUT2D eigenvalue weighted by molar-refractivity contribution is 0.0493.